The van der Waals surface area contributed by atoms with Crippen molar-refractivity contribution in [3.63, 3.8) is 0 Å². The van der Waals surface area contributed by atoms with Gasteiger partial charge in [-0.2, -0.15) is 0 Å². The first-order chi connectivity index (χ1) is 23.7. The monoisotopic (exact) mass is 660 g/mol. The summed E-state index contributed by atoms with van der Waals surface area (Å²) in [6.07, 6.45) is 2.71. The second-order valence-corrected chi connectivity index (χ2v) is 13.2. The van der Waals surface area contributed by atoms with Crippen molar-refractivity contribution >= 4 is 34.8 Å². The van der Waals surface area contributed by atoms with Crippen LogP contribution in [0.1, 0.15) is 52.0 Å². The highest BCUT2D eigenvalue weighted by molar-refractivity contribution is 6.04. The zero-order chi connectivity index (χ0) is 34.9. The Labute approximate surface area is 290 Å². The molecule has 1 heterocycles. The quantitative estimate of drug-likeness (QED) is 0.146. The number of nitrogens with two attached hydrogens (primary N) is 1. The molecule has 0 aromatic heterocycles. The molecule has 1 aliphatic heterocycles. The molecule has 3 atom stereocenters. The molecule has 4 aromatic carbocycles. The zero-order valence-corrected chi connectivity index (χ0v) is 29.0. The van der Waals surface area contributed by atoms with Gasteiger partial charge in [-0.05, 0) is 77.9 Å². The van der Waals surface area contributed by atoms with E-state index in [1.165, 1.54) is 0 Å². The number of methoxy groups -OCH3 is 1. The molecule has 4 aromatic rings. The average Bonchev–Trinajstić information content (AvgIpc) is 3.22. The highest BCUT2D eigenvalue weighted by atomic mass is 16.5. The Morgan fingerprint density at radius 3 is 2.22 bits per heavy atom. The zero-order valence-electron chi connectivity index (χ0n) is 29.0. The summed E-state index contributed by atoms with van der Waals surface area (Å²) in [6, 6.07) is 32.9. The highest BCUT2D eigenvalue weighted by Crippen LogP contribution is 2.38. The number of anilines is 3. The van der Waals surface area contributed by atoms with Gasteiger partial charge in [-0.1, -0.05) is 94.3 Å². The summed E-state index contributed by atoms with van der Waals surface area (Å²) >= 11 is 0. The van der Waals surface area contributed by atoms with Gasteiger partial charge in [-0.15, -0.1) is 0 Å². The van der Waals surface area contributed by atoms with E-state index in [2.05, 4.69) is 23.2 Å². The predicted molar refractivity (Wildman–Crippen MR) is 197 cm³/mol. The maximum Gasteiger partial charge on any atom is 0.251 e. The summed E-state index contributed by atoms with van der Waals surface area (Å²) in [5.74, 6) is -1.31. The van der Waals surface area contributed by atoms with Crippen LogP contribution in [-0.2, 0) is 20.9 Å². The topological polar surface area (TPSA) is 105 Å². The number of hydrogen-bond acceptors (Lipinski definition) is 5. The van der Waals surface area contributed by atoms with Crippen LogP contribution in [0.15, 0.2) is 103 Å². The molecule has 256 valence electrons. The molecule has 49 heavy (non-hydrogen) atoms. The molecule has 3 N–H and O–H groups in total. The van der Waals surface area contributed by atoms with Crippen molar-refractivity contribution in [3.05, 3.63) is 109 Å². The third kappa shape index (κ3) is 8.49. The number of amides is 3. The molecule has 0 saturated carbocycles. The molecule has 5 rings (SSSR count). The van der Waals surface area contributed by atoms with Crippen molar-refractivity contribution in [2.45, 2.75) is 59.0 Å². The van der Waals surface area contributed by atoms with Gasteiger partial charge in [0.2, 0.25) is 11.8 Å². The van der Waals surface area contributed by atoms with E-state index in [9.17, 15) is 14.4 Å². The van der Waals surface area contributed by atoms with Crippen LogP contribution in [0.3, 0.4) is 0 Å². The maximum atomic E-state index is 14.8. The highest BCUT2D eigenvalue weighted by Gasteiger charge is 2.39. The van der Waals surface area contributed by atoms with Gasteiger partial charge in [0.05, 0.1) is 31.6 Å². The summed E-state index contributed by atoms with van der Waals surface area (Å²) in [6.45, 7) is 6.63. The van der Waals surface area contributed by atoms with Gasteiger partial charge in [-0.3, -0.25) is 14.4 Å². The van der Waals surface area contributed by atoms with E-state index in [1.807, 2.05) is 111 Å². The molecular weight excluding hydrogens is 612 g/mol. The lowest BCUT2D eigenvalue weighted by molar-refractivity contribution is -0.136. The molecule has 1 unspecified atom stereocenters. The van der Waals surface area contributed by atoms with Gasteiger partial charge in [0.1, 0.15) is 11.8 Å². The van der Waals surface area contributed by atoms with E-state index >= 15 is 0 Å². The van der Waals surface area contributed by atoms with Crippen molar-refractivity contribution in [2.75, 3.05) is 23.5 Å². The number of hydrogen-bond donors (Lipinski definition) is 2. The fourth-order valence-electron chi connectivity index (χ4n) is 6.73. The van der Waals surface area contributed by atoms with Gasteiger partial charge < -0.3 is 25.6 Å². The van der Waals surface area contributed by atoms with Gasteiger partial charge in [0.25, 0.3) is 5.91 Å². The first-order valence-corrected chi connectivity index (χ1v) is 17.3. The number of para-hydroxylation sites is 3. The van der Waals surface area contributed by atoms with E-state index in [4.69, 9.17) is 10.5 Å². The Morgan fingerprint density at radius 1 is 0.878 bits per heavy atom. The standard InChI is InChI=1S/C41H48N4O4/c1-5-6-17-34(39(42)46)35(24-28(2)3)40(47)43-36-27-44(32-15-8-7-9-16-32)37-18-10-11-19-38(37)45(41(36)48)26-29-13-12-14-31(25-29)30-20-22-33(49-4)23-21-30/h7-16,18-23,25,28,34-36H,5-6,17,24,26-27H2,1-4H3,(H2,42,46)(H,43,47)/t34-,35+,36?/m0/s1. The lowest BCUT2D eigenvalue weighted by atomic mass is 9.81. The second-order valence-electron chi connectivity index (χ2n) is 13.2. The molecule has 0 bridgehead atoms. The van der Waals surface area contributed by atoms with Crippen LogP contribution in [-0.4, -0.2) is 37.4 Å². The van der Waals surface area contributed by atoms with Gasteiger partial charge in [0, 0.05) is 17.5 Å². The third-order valence-electron chi connectivity index (χ3n) is 9.25. The van der Waals surface area contributed by atoms with Crippen molar-refractivity contribution in [3.8, 4) is 16.9 Å². The molecule has 0 aliphatic carbocycles. The SMILES string of the molecule is CCCC[C@H](C(N)=O)[C@@H](CC(C)C)C(=O)NC1CN(c2ccccc2)c2ccccc2N(Cc2cccc(-c3ccc(OC)cc3)c2)C1=O. The molecule has 0 fully saturated rings. The Kier molecular flexibility index (Phi) is 11.7. The molecule has 8 nitrogen and oxygen atoms in total. The van der Waals surface area contributed by atoms with Crippen LogP contribution < -0.4 is 25.6 Å². The third-order valence-corrected chi connectivity index (χ3v) is 9.25. The van der Waals surface area contributed by atoms with Gasteiger partial charge in [-0.25, -0.2) is 0 Å². The number of carbonyl (C=O) groups is 3. The number of unbranched alkanes of at least 4 members (excludes halogenated alkanes) is 1. The Balaban J connectivity index is 1.53. The minimum absolute atomic E-state index is 0.156. The number of fused-ring (bicyclic) bond motifs is 1. The van der Waals surface area contributed by atoms with Crippen LogP contribution >= 0.6 is 0 Å². The number of rotatable bonds is 14. The normalized spacial score (nSPS) is 15.7. The van der Waals surface area contributed by atoms with Crippen LogP contribution in [0.5, 0.6) is 5.75 Å². The maximum absolute atomic E-state index is 14.8. The van der Waals surface area contributed by atoms with Gasteiger partial charge in [0.15, 0.2) is 0 Å². The fraction of sp³-hybridized carbons (Fsp3) is 0.341. The number of carbonyl (C=O) groups excluding carboxylic acids is 3. The first kappa shape index (κ1) is 35.2. The average molecular weight is 661 g/mol. The summed E-state index contributed by atoms with van der Waals surface area (Å²) < 4.78 is 5.34. The van der Waals surface area contributed by atoms with Crippen LogP contribution in [0.2, 0.25) is 0 Å². The number of nitrogens with zero attached hydrogens (tertiary/aromatic N) is 2. The minimum Gasteiger partial charge on any atom is -0.497 e. The van der Waals surface area contributed by atoms with E-state index in [1.54, 1.807) is 12.0 Å². The number of nitrogens with one attached hydrogen (secondary N) is 1. The smallest absolute Gasteiger partial charge is 0.251 e. The Morgan fingerprint density at radius 2 is 1.57 bits per heavy atom. The summed E-state index contributed by atoms with van der Waals surface area (Å²) in [5, 5.41) is 3.13. The van der Waals surface area contributed by atoms with Crippen LogP contribution in [0, 0.1) is 17.8 Å². The molecule has 3 amide bonds. The van der Waals surface area contributed by atoms with Crippen molar-refractivity contribution in [1.82, 2.24) is 5.32 Å². The van der Waals surface area contributed by atoms with E-state index in [0.29, 0.717) is 19.4 Å². The second kappa shape index (κ2) is 16.3. The number of ether oxygens (including phenoxy) is 1. The Bertz CT molecular complexity index is 1720. The molecule has 0 radical (unpaired) electrons. The fourth-order valence-corrected chi connectivity index (χ4v) is 6.73. The first-order valence-electron chi connectivity index (χ1n) is 17.3. The molecule has 0 spiro atoms. The van der Waals surface area contributed by atoms with Crippen molar-refractivity contribution in [1.29, 1.82) is 0 Å². The summed E-state index contributed by atoms with van der Waals surface area (Å²) in [4.78, 5) is 45.5. The lowest BCUT2D eigenvalue weighted by Gasteiger charge is -2.30. The van der Waals surface area contributed by atoms with E-state index in [-0.39, 0.29) is 24.3 Å². The van der Waals surface area contributed by atoms with E-state index < -0.39 is 23.8 Å². The molecular formula is C41H48N4O4. The minimum atomic E-state index is -0.890. The summed E-state index contributed by atoms with van der Waals surface area (Å²) in [7, 11) is 1.65. The predicted octanol–water partition coefficient (Wildman–Crippen LogP) is 7.49. The van der Waals surface area contributed by atoms with Crippen LogP contribution in [0.25, 0.3) is 11.1 Å². The largest absolute Gasteiger partial charge is 0.497 e. The number of benzene rings is 4. The lowest BCUT2D eigenvalue weighted by Crippen LogP contribution is -2.54. The molecule has 0 saturated heterocycles. The van der Waals surface area contributed by atoms with E-state index in [0.717, 1.165) is 52.3 Å². The molecule has 1 aliphatic rings. The van der Waals surface area contributed by atoms with Crippen molar-refractivity contribution < 1.29 is 19.1 Å². The molecule has 8 heteroatoms. The summed E-state index contributed by atoms with van der Waals surface area (Å²) in [5.41, 5.74) is 11.4. The van der Waals surface area contributed by atoms with Gasteiger partial charge >= 0.3 is 0 Å². The Hall–Kier alpha value is -5.11. The van der Waals surface area contributed by atoms with Crippen molar-refractivity contribution in [2.24, 2.45) is 23.5 Å². The number of primary amides is 1. The van der Waals surface area contributed by atoms with Crippen LogP contribution in [0.4, 0.5) is 17.1 Å².